The molecule has 3 N–H and O–H groups in total. The van der Waals surface area contributed by atoms with Crippen LogP contribution < -0.4 is 11.1 Å². The van der Waals surface area contributed by atoms with E-state index in [1.54, 1.807) is 6.08 Å². The fourth-order valence-corrected chi connectivity index (χ4v) is 1.90. The number of amides is 1. The largest absolute Gasteiger partial charge is 0.399 e. The number of nitrogens with one attached hydrogen (secondary N) is 1. The average molecular weight is 266 g/mol. The van der Waals surface area contributed by atoms with E-state index in [-0.39, 0.29) is 5.91 Å². The number of hydrogen-bond donors (Lipinski definition) is 2. The summed E-state index contributed by atoms with van der Waals surface area (Å²) >= 11 is 0. The summed E-state index contributed by atoms with van der Waals surface area (Å²) in [4.78, 5) is 11.9. The minimum absolute atomic E-state index is 0.136. The highest BCUT2D eigenvalue weighted by atomic mass is 16.1. The Morgan fingerprint density at radius 3 is 2.55 bits per heavy atom. The molecule has 1 amide bonds. The van der Waals surface area contributed by atoms with Crippen molar-refractivity contribution in [3.05, 3.63) is 65.7 Å². The second-order valence-corrected chi connectivity index (χ2v) is 4.50. The lowest BCUT2D eigenvalue weighted by Gasteiger charge is -2.07. The van der Waals surface area contributed by atoms with Gasteiger partial charge in [0.15, 0.2) is 0 Å². The van der Waals surface area contributed by atoms with E-state index in [9.17, 15) is 4.79 Å². The van der Waals surface area contributed by atoms with Gasteiger partial charge in [0.25, 0.3) is 0 Å². The van der Waals surface area contributed by atoms with Crippen molar-refractivity contribution in [1.29, 1.82) is 0 Å². The molecule has 2 aromatic rings. The van der Waals surface area contributed by atoms with Crippen LogP contribution in [0.5, 0.6) is 0 Å². The molecule has 0 bridgehead atoms. The molecule has 2 rings (SSSR count). The van der Waals surface area contributed by atoms with Crippen LogP contribution in [0.1, 0.15) is 18.1 Å². The van der Waals surface area contributed by atoms with Crippen molar-refractivity contribution in [3.63, 3.8) is 0 Å². The smallest absolute Gasteiger partial charge is 0.248 e. The zero-order valence-electron chi connectivity index (χ0n) is 11.5. The quantitative estimate of drug-likeness (QED) is 0.657. The molecule has 0 saturated heterocycles. The van der Waals surface area contributed by atoms with Gasteiger partial charge in [-0.25, -0.2) is 0 Å². The molecule has 0 aromatic heterocycles. The third-order valence-corrected chi connectivity index (χ3v) is 3.02. The summed E-state index contributed by atoms with van der Waals surface area (Å²) in [5.41, 5.74) is 9.26. The maximum absolute atomic E-state index is 11.9. The van der Waals surface area contributed by atoms with Gasteiger partial charge in [0.2, 0.25) is 5.91 Å². The van der Waals surface area contributed by atoms with Gasteiger partial charge in [0.1, 0.15) is 0 Å². The Balaban J connectivity index is 2.03. The average Bonchev–Trinajstić information content (AvgIpc) is 2.47. The lowest BCUT2D eigenvalue weighted by atomic mass is 10.1. The Labute approximate surface area is 119 Å². The Kier molecular flexibility index (Phi) is 4.56. The molecule has 0 fully saturated rings. The summed E-state index contributed by atoms with van der Waals surface area (Å²) in [6.07, 6.45) is 4.18. The van der Waals surface area contributed by atoms with Gasteiger partial charge in [-0.15, -0.1) is 0 Å². The molecule has 0 aliphatic rings. The molecule has 0 spiro atoms. The lowest BCUT2D eigenvalue weighted by molar-refractivity contribution is -0.111. The molecule has 0 saturated carbocycles. The number of anilines is 2. The highest BCUT2D eigenvalue weighted by Gasteiger charge is 2.02. The van der Waals surface area contributed by atoms with Gasteiger partial charge in [0, 0.05) is 17.5 Å². The molecule has 3 heteroatoms. The van der Waals surface area contributed by atoms with E-state index >= 15 is 0 Å². The maximum Gasteiger partial charge on any atom is 0.248 e. The number of hydrogen-bond acceptors (Lipinski definition) is 2. The van der Waals surface area contributed by atoms with Gasteiger partial charge in [-0.3, -0.25) is 4.79 Å². The third-order valence-electron chi connectivity index (χ3n) is 3.02. The van der Waals surface area contributed by atoms with Crippen LogP contribution in [0.15, 0.2) is 54.6 Å². The SMILES string of the molecule is CCc1ccccc1NC(=O)/C=C/c1ccc(N)cc1. The maximum atomic E-state index is 11.9. The van der Waals surface area contributed by atoms with Gasteiger partial charge >= 0.3 is 0 Å². The Morgan fingerprint density at radius 1 is 1.15 bits per heavy atom. The van der Waals surface area contributed by atoms with Crippen molar-refractivity contribution in [2.75, 3.05) is 11.1 Å². The Morgan fingerprint density at radius 2 is 1.85 bits per heavy atom. The van der Waals surface area contributed by atoms with E-state index in [4.69, 9.17) is 5.73 Å². The zero-order chi connectivity index (χ0) is 14.4. The summed E-state index contributed by atoms with van der Waals surface area (Å²) < 4.78 is 0. The van der Waals surface area contributed by atoms with Crippen molar-refractivity contribution in [1.82, 2.24) is 0 Å². The lowest BCUT2D eigenvalue weighted by Crippen LogP contribution is -2.09. The van der Waals surface area contributed by atoms with Crippen molar-refractivity contribution in [2.24, 2.45) is 0 Å². The van der Waals surface area contributed by atoms with Crippen molar-refractivity contribution < 1.29 is 4.79 Å². The van der Waals surface area contributed by atoms with E-state index < -0.39 is 0 Å². The zero-order valence-corrected chi connectivity index (χ0v) is 11.5. The summed E-state index contributed by atoms with van der Waals surface area (Å²) in [6, 6.07) is 15.2. The van der Waals surface area contributed by atoms with E-state index in [1.807, 2.05) is 48.5 Å². The van der Waals surface area contributed by atoms with Gasteiger partial charge in [-0.1, -0.05) is 37.3 Å². The van der Waals surface area contributed by atoms with Gasteiger partial charge in [0.05, 0.1) is 0 Å². The number of nitrogen functional groups attached to an aromatic ring is 1. The summed E-state index contributed by atoms with van der Waals surface area (Å²) in [5, 5.41) is 2.89. The number of rotatable bonds is 4. The fraction of sp³-hybridized carbons (Fsp3) is 0.118. The summed E-state index contributed by atoms with van der Waals surface area (Å²) in [5.74, 6) is -0.136. The minimum atomic E-state index is -0.136. The first kappa shape index (κ1) is 13.9. The predicted molar refractivity (Wildman–Crippen MR) is 84.3 cm³/mol. The van der Waals surface area contributed by atoms with Crippen LogP contribution in [0.25, 0.3) is 6.08 Å². The molecule has 0 heterocycles. The molecule has 2 aromatic carbocycles. The number of carbonyl (C=O) groups excluding carboxylic acids is 1. The van der Waals surface area contributed by atoms with Crippen LogP contribution in [-0.4, -0.2) is 5.91 Å². The molecule has 0 aliphatic heterocycles. The van der Waals surface area contributed by atoms with Crippen LogP contribution >= 0.6 is 0 Å². The molecule has 3 nitrogen and oxygen atoms in total. The highest BCUT2D eigenvalue weighted by molar-refractivity contribution is 6.02. The first-order chi connectivity index (χ1) is 9.69. The molecule has 102 valence electrons. The third kappa shape index (κ3) is 3.72. The van der Waals surface area contributed by atoms with Crippen LogP contribution in [0.4, 0.5) is 11.4 Å². The number of nitrogens with two attached hydrogens (primary N) is 1. The second kappa shape index (κ2) is 6.57. The summed E-state index contributed by atoms with van der Waals surface area (Å²) in [7, 11) is 0. The van der Waals surface area contributed by atoms with Crippen molar-refractivity contribution in [3.8, 4) is 0 Å². The second-order valence-electron chi connectivity index (χ2n) is 4.50. The van der Waals surface area contributed by atoms with E-state index in [1.165, 1.54) is 6.08 Å². The first-order valence-electron chi connectivity index (χ1n) is 6.61. The minimum Gasteiger partial charge on any atom is -0.399 e. The van der Waals surface area contributed by atoms with Gasteiger partial charge in [-0.2, -0.15) is 0 Å². The van der Waals surface area contributed by atoms with Gasteiger partial charge in [-0.05, 0) is 41.8 Å². The Hall–Kier alpha value is -2.55. The molecule has 0 aliphatic carbocycles. The monoisotopic (exact) mass is 266 g/mol. The van der Waals surface area contributed by atoms with Crippen molar-refractivity contribution in [2.45, 2.75) is 13.3 Å². The predicted octanol–water partition coefficient (Wildman–Crippen LogP) is 3.48. The van der Waals surface area contributed by atoms with E-state index in [0.29, 0.717) is 5.69 Å². The normalized spacial score (nSPS) is 10.7. The summed E-state index contributed by atoms with van der Waals surface area (Å²) in [6.45, 7) is 2.06. The highest BCUT2D eigenvalue weighted by Crippen LogP contribution is 2.15. The van der Waals surface area contributed by atoms with Crippen LogP contribution in [0.3, 0.4) is 0 Å². The number of aryl methyl sites for hydroxylation is 1. The number of benzene rings is 2. The standard InChI is InChI=1S/C17H18N2O/c1-2-14-5-3-4-6-16(14)19-17(20)12-9-13-7-10-15(18)11-8-13/h3-12H,2,18H2,1H3,(H,19,20)/b12-9+. The molecular weight excluding hydrogens is 248 g/mol. The van der Waals surface area contributed by atoms with Crippen molar-refractivity contribution >= 4 is 23.4 Å². The number of para-hydroxylation sites is 1. The van der Waals surface area contributed by atoms with Crippen LogP contribution in [-0.2, 0) is 11.2 Å². The van der Waals surface area contributed by atoms with E-state index in [0.717, 1.165) is 23.2 Å². The van der Waals surface area contributed by atoms with Crippen LogP contribution in [0.2, 0.25) is 0 Å². The molecular formula is C17H18N2O. The fourth-order valence-electron chi connectivity index (χ4n) is 1.90. The van der Waals surface area contributed by atoms with Crippen LogP contribution in [0, 0.1) is 0 Å². The molecule has 20 heavy (non-hydrogen) atoms. The first-order valence-corrected chi connectivity index (χ1v) is 6.61. The van der Waals surface area contributed by atoms with E-state index in [2.05, 4.69) is 12.2 Å². The molecule has 0 radical (unpaired) electrons. The molecule has 0 atom stereocenters. The topological polar surface area (TPSA) is 55.1 Å². The number of carbonyl (C=O) groups is 1. The molecule has 0 unspecified atom stereocenters. The van der Waals surface area contributed by atoms with Gasteiger partial charge < -0.3 is 11.1 Å². The Bertz CT molecular complexity index is 615.